The van der Waals surface area contributed by atoms with E-state index < -0.39 is 0 Å². The van der Waals surface area contributed by atoms with E-state index in [1.165, 1.54) is 5.56 Å². The molecule has 2 N–H and O–H groups in total. The predicted molar refractivity (Wildman–Crippen MR) is 66.1 cm³/mol. The highest BCUT2D eigenvalue weighted by atomic mass is 15.3. The molecule has 0 atom stereocenters. The first-order chi connectivity index (χ1) is 8.13. The molecule has 0 radical (unpaired) electrons. The third kappa shape index (κ3) is 2.19. The van der Waals surface area contributed by atoms with E-state index in [4.69, 9.17) is 5.73 Å². The van der Waals surface area contributed by atoms with Crippen LogP contribution in [0.2, 0.25) is 0 Å². The quantitative estimate of drug-likeness (QED) is 0.858. The number of nitrogens with zero attached hydrogens (tertiary/aromatic N) is 4. The van der Waals surface area contributed by atoms with Gasteiger partial charge in [-0.05, 0) is 39.3 Å². The predicted octanol–water partition coefficient (Wildman–Crippen LogP) is 1.09. The fourth-order valence-corrected chi connectivity index (χ4v) is 1.96. The van der Waals surface area contributed by atoms with Crippen LogP contribution in [-0.4, -0.2) is 26.3 Å². The number of aromatic nitrogens is 4. The molecule has 5 nitrogen and oxygen atoms in total. The molecule has 0 unspecified atom stereocenters. The minimum Gasteiger partial charge on any atom is -0.330 e. The van der Waals surface area contributed by atoms with Crippen LogP contribution in [-0.2, 0) is 6.42 Å². The van der Waals surface area contributed by atoms with Crippen molar-refractivity contribution < 1.29 is 0 Å². The molecule has 5 heteroatoms. The van der Waals surface area contributed by atoms with Crippen LogP contribution in [0.1, 0.15) is 22.6 Å². The Hall–Kier alpha value is -1.75. The summed E-state index contributed by atoms with van der Waals surface area (Å²) in [4.78, 5) is 8.33. The first kappa shape index (κ1) is 11.7. The molecular weight excluding hydrogens is 214 g/mol. The summed E-state index contributed by atoms with van der Waals surface area (Å²) >= 11 is 0. The molecular formula is C12H17N5. The molecule has 2 aromatic heterocycles. The van der Waals surface area contributed by atoms with Crippen LogP contribution in [0.15, 0.2) is 12.4 Å². The molecule has 0 aliphatic carbocycles. The number of hydrogen-bond donors (Lipinski definition) is 1. The molecule has 90 valence electrons. The highest BCUT2D eigenvalue weighted by molar-refractivity contribution is 5.32. The SMILES string of the molecule is Cc1cc(-n2nc(C)c(CCN)c2C)ncn1. The Morgan fingerprint density at radius 2 is 2.00 bits per heavy atom. The number of rotatable bonds is 3. The lowest BCUT2D eigenvalue weighted by Crippen LogP contribution is -2.06. The molecule has 0 fully saturated rings. The second-order valence-electron chi connectivity index (χ2n) is 4.12. The van der Waals surface area contributed by atoms with Gasteiger partial charge in [0.1, 0.15) is 6.33 Å². The standard InChI is InChI=1S/C12H17N5/c1-8-6-12(15-7-14-8)17-10(3)11(4-5-13)9(2)16-17/h6-7H,4-5,13H2,1-3H3. The summed E-state index contributed by atoms with van der Waals surface area (Å²) in [6, 6.07) is 1.92. The maximum atomic E-state index is 5.61. The molecule has 0 aromatic carbocycles. The molecule has 0 bridgehead atoms. The van der Waals surface area contributed by atoms with Crippen LogP contribution in [0.4, 0.5) is 0 Å². The number of nitrogens with two attached hydrogens (primary N) is 1. The van der Waals surface area contributed by atoms with E-state index in [0.717, 1.165) is 29.3 Å². The lowest BCUT2D eigenvalue weighted by atomic mass is 10.1. The highest BCUT2D eigenvalue weighted by Gasteiger charge is 2.12. The first-order valence-electron chi connectivity index (χ1n) is 5.67. The van der Waals surface area contributed by atoms with Crippen molar-refractivity contribution in [2.45, 2.75) is 27.2 Å². The Morgan fingerprint density at radius 1 is 1.24 bits per heavy atom. The van der Waals surface area contributed by atoms with E-state index in [0.29, 0.717) is 6.54 Å². The Kier molecular flexibility index (Phi) is 3.19. The van der Waals surface area contributed by atoms with Crippen molar-refractivity contribution in [3.05, 3.63) is 35.0 Å². The van der Waals surface area contributed by atoms with Gasteiger partial charge >= 0.3 is 0 Å². The van der Waals surface area contributed by atoms with Crippen LogP contribution in [0.3, 0.4) is 0 Å². The number of hydrogen-bond acceptors (Lipinski definition) is 4. The summed E-state index contributed by atoms with van der Waals surface area (Å²) in [5.41, 5.74) is 9.87. The molecule has 0 saturated carbocycles. The lowest BCUT2D eigenvalue weighted by molar-refractivity contribution is 0.796. The van der Waals surface area contributed by atoms with Crippen molar-refractivity contribution >= 4 is 0 Å². The normalized spacial score (nSPS) is 10.8. The molecule has 0 spiro atoms. The molecule has 0 aliphatic rings. The van der Waals surface area contributed by atoms with Crippen molar-refractivity contribution in [2.75, 3.05) is 6.54 Å². The van der Waals surface area contributed by atoms with Crippen LogP contribution in [0.25, 0.3) is 5.82 Å². The molecule has 0 saturated heterocycles. The zero-order valence-corrected chi connectivity index (χ0v) is 10.4. The van der Waals surface area contributed by atoms with Gasteiger partial charge in [0.05, 0.1) is 5.69 Å². The van der Waals surface area contributed by atoms with Crippen molar-refractivity contribution in [3.8, 4) is 5.82 Å². The zero-order chi connectivity index (χ0) is 12.4. The second-order valence-corrected chi connectivity index (χ2v) is 4.12. The van der Waals surface area contributed by atoms with E-state index >= 15 is 0 Å². The maximum absolute atomic E-state index is 5.61. The lowest BCUT2D eigenvalue weighted by Gasteiger charge is -2.04. The van der Waals surface area contributed by atoms with E-state index in [9.17, 15) is 0 Å². The molecule has 17 heavy (non-hydrogen) atoms. The first-order valence-corrected chi connectivity index (χ1v) is 5.67. The van der Waals surface area contributed by atoms with Crippen LogP contribution in [0, 0.1) is 20.8 Å². The summed E-state index contributed by atoms with van der Waals surface area (Å²) < 4.78 is 1.86. The summed E-state index contributed by atoms with van der Waals surface area (Å²) in [7, 11) is 0. The van der Waals surface area contributed by atoms with Gasteiger partial charge in [0.15, 0.2) is 5.82 Å². The van der Waals surface area contributed by atoms with Gasteiger partial charge in [-0.1, -0.05) is 0 Å². The Morgan fingerprint density at radius 3 is 2.65 bits per heavy atom. The van der Waals surface area contributed by atoms with Gasteiger partial charge < -0.3 is 5.73 Å². The van der Waals surface area contributed by atoms with E-state index in [1.54, 1.807) is 6.33 Å². The highest BCUT2D eigenvalue weighted by Crippen LogP contribution is 2.16. The molecule has 0 amide bonds. The molecule has 0 aliphatic heterocycles. The minimum absolute atomic E-state index is 0.635. The fourth-order valence-electron chi connectivity index (χ4n) is 1.96. The van der Waals surface area contributed by atoms with Gasteiger partial charge in [0.2, 0.25) is 0 Å². The molecule has 2 heterocycles. The monoisotopic (exact) mass is 231 g/mol. The Bertz CT molecular complexity index is 530. The average Bonchev–Trinajstić information content (AvgIpc) is 2.57. The summed E-state index contributed by atoms with van der Waals surface area (Å²) in [6.07, 6.45) is 2.41. The largest absolute Gasteiger partial charge is 0.330 e. The van der Waals surface area contributed by atoms with Gasteiger partial charge in [0, 0.05) is 17.5 Å². The van der Waals surface area contributed by atoms with Crippen molar-refractivity contribution in [1.29, 1.82) is 0 Å². The van der Waals surface area contributed by atoms with Crippen molar-refractivity contribution in [2.24, 2.45) is 5.73 Å². The third-order valence-electron chi connectivity index (χ3n) is 2.84. The third-order valence-corrected chi connectivity index (χ3v) is 2.84. The number of aryl methyl sites for hydroxylation is 2. The van der Waals surface area contributed by atoms with E-state index in [2.05, 4.69) is 15.1 Å². The molecule has 2 rings (SSSR count). The summed E-state index contributed by atoms with van der Waals surface area (Å²) in [6.45, 7) is 6.62. The second kappa shape index (κ2) is 4.63. The zero-order valence-electron chi connectivity index (χ0n) is 10.4. The topological polar surface area (TPSA) is 69.6 Å². The van der Waals surface area contributed by atoms with E-state index in [1.807, 2.05) is 31.5 Å². The van der Waals surface area contributed by atoms with Crippen molar-refractivity contribution in [1.82, 2.24) is 19.7 Å². The maximum Gasteiger partial charge on any atom is 0.157 e. The van der Waals surface area contributed by atoms with Crippen LogP contribution in [0.5, 0.6) is 0 Å². The smallest absolute Gasteiger partial charge is 0.157 e. The van der Waals surface area contributed by atoms with Gasteiger partial charge in [-0.2, -0.15) is 5.10 Å². The van der Waals surface area contributed by atoms with Gasteiger partial charge in [0.25, 0.3) is 0 Å². The van der Waals surface area contributed by atoms with Crippen LogP contribution >= 0.6 is 0 Å². The Balaban J connectivity index is 2.50. The Labute approximate surface area is 101 Å². The summed E-state index contributed by atoms with van der Waals surface area (Å²) in [5, 5.41) is 4.51. The van der Waals surface area contributed by atoms with Gasteiger partial charge in [-0.15, -0.1) is 0 Å². The van der Waals surface area contributed by atoms with Gasteiger partial charge in [-0.25, -0.2) is 14.6 Å². The van der Waals surface area contributed by atoms with Gasteiger partial charge in [-0.3, -0.25) is 0 Å². The summed E-state index contributed by atoms with van der Waals surface area (Å²) in [5.74, 6) is 0.807. The van der Waals surface area contributed by atoms with E-state index in [-0.39, 0.29) is 0 Å². The molecule has 2 aromatic rings. The fraction of sp³-hybridized carbons (Fsp3) is 0.417. The van der Waals surface area contributed by atoms with Crippen LogP contribution < -0.4 is 5.73 Å². The minimum atomic E-state index is 0.635. The average molecular weight is 231 g/mol. The van der Waals surface area contributed by atoms with Crippen molar-refractivity contribution in [3.63, 3.8) is 0 Å².